The van der Waals surface area contributed by atoms with Crippen molar-refractivity contribution in [3.05, 3.63) is 0 Å². The fourth-order valence-electron chi connectivity index (χ4n) is 0.484. The summed E-state index contributed by atoms with van der Waals surface area (Å²) in [4.78, 5) is 24.1. The van der Waals surface area contributed by atoms with Crippen LogP contribution >= 0.6 is 19.8 Å². The van der Waals surface area contributed by atoms with Crippen molar-refractivity contribution in [3.8, 4) is 0 Å². The Kier molecular flexibility index (Phi) is 1.26. The summed E-state index contributed by atoms with van der Waals surface area (Å²) in [7, 11) is 1.53. The molecule has 0 aromatic heterocycles. The van der Waals surface area contributed by atoms with E-state index in [1.54, 1.807) is 4.93 Å². The third kappa shape index (κ3) is 0.553. The molecule has 1 heterocycles. The fourth-order valence-corrected chi connectivity index (χ4v) is 3.14. The fraction of sp³-hybridized carbons (Fsp3) is 0.500. The van der Waals surface area contributed by atoms with Crippen LogP contribution in [0.4, 0.5) is 9.59 Å². The first kappa shape index (κ1) is 6.00. The third-order valence-electron chi connectivity index (χ3n) is 1.01. The second kappa shape index (κ2) is 1.68. The van der Waals surface area contributed by atoms with E-state index in [0.717, 1.165) is 0 Å². The van der Waals surface area contributed by atoms with Crippen LogP contribution in [0.5, 0.6) is 0 Å². The number of rotatable bonds is 0. The number of carbonyl (C=O) groups excluding carboxylic acids is 2. The van der Waals surface area contributed by atoms with E-state index in [1.165, 1.54) is 11.9 Å². The topological polar surface area (TPSA) is 37.4 Å². The van der Waals surface area contributed by atoms with Crippen molar-refractivity contribution < 1.29 is 9.59 Å². The number of hydrogen-bond donors (Lipinski definition) is 0. The standard InChI is InChI=1S/C4H6INO2/c1-5-3(7)6(2)4(5)8/h1-2H3. The molecule has 0 aromatic rings. The predicted molar refractivity (Wildman–Crippen MR) is 38.5 cm³/mol. The molecule has 0 saturated carbocycles. The van der Waals surface area contributed by atoms with Gasteiger partial charge in [-0.3, -0.25) is 0 Å². The van der Waals surface area contributed by atoms with E-state index in [1.807, 2.05) is 0 Å². The van der Waals surface area contributed by atoms with Crippen LogP contribution in [0.25, 0.3) is 0 Å². The van der Waals surface area contributed by atoms with E-state index in [0.29, 0.717) is 0 Å². The van der Waals surface area contributed by atoms with Gasteiger partial charge < -0.3 is 0 Å². The summed E-state index contributed by atoms with van der Waals surface area (Å²) in [6.45, 7) is 0. The van der Waals surface area contributed by atoms with Crippen LogP contribution in [0.3, 0.4) is 0 Å². The number of imide groups is 1. The minimum absolute atomic E-state index is 0.0826. The summed E-state index contributed by atoms with van der Waals surface area (Å²) in [5.41, 5.74) is 0. The molecular formula is C4H6INO2. The van der Waals surface area contributed by atoms with Crippen molar-refractivity contribution in [2.24, 2.45) is 0 Å². The average molecular weight is 227 g/mol. The molecule has 1 aliphatic rings. The van der Waals surface area contributed by atoms with E-state index in [9.17, 15) is 9.59 Å². The molecule has 0 N–H and O–H groups in total. The van der Waals surface area contributed by atoms with Crippen LogP contribution < -0.4 is 0 Å². The number of hydrogen-bond acceptors (Lipinski definition) is 2. The van der Waals surface area contributed by atoms with Crippen LogP contribution in [0, 0.1) is 0 Å². The molecular weight excluding hydrogens is 221 g/mol. The van der Waals surface area contributed by atoms with Crippen molar-refractivity contribution >= 4 is 27.6 Å². The maximum absolute atomic E-state index is 10.5. The van der Waals surface area contributed by atoms with Crippen molar-refractivity contribution in [2.45, 2.75) is 0 Å². The van der Waals surface area contributed by atoms with Crippen LogP contribution in [0.2, 0.25) is 0 Å². The molecule has 2 amide bonds. The first-order valence-electron chi connectivity index (χ1n) is 2.06. The Morgan fingerprint density at radius 1 is 1.38 bits per heavy atom. The van der Waals surface area contributed by atoms with E-state index in [-0.39, 0.29) is 7.83 Å². The summed E-state index contributed by atoms with van der Waals surface area (Å²) >= 11 is -1.72. The zero-order valence-corrected chi connectivity index (χ0v) is 6.80. The first-order valence-corrected chi connectivity index (χ1v) is 6.37. The number of amides is 2. The molecule has 0 bridgehead atoms. The number of alkyl halides is 1. The van der Waals surface area contributed by atoms with Crippen LogP contribution in [0.15, 0.2) is 0 Å². The van der Waals surface area contributed by atoms with Gasteiger partial charge in [0, 0.05) is 0 Å². The Bertz CT molecular complexity index is 126. The molecule has 4 heteroatoms. The van der Waals surface area contributed by atoms with Gasteiger partial charge in [-0.2, -0.15) is 0 Å². The molecule has 8 heavy (non-hydrogen) atoms. The molecule has 3 nitrogen and oxygen atoms in total. The van der Waals surface area contributed by atoms with Crippen LogP contribution in [0.1, 0.15) is 0 Å². The Morgan fingerprint density at radius 2 is 1.75 bits per heavy atom. The molecule has 0 unspecified atom stereocenters. The third-order valence-corrected chi connectivity index (χ3v) is 5.23. The van der Waals surface area contributed by atoms with Crippen molar-refractivity contribution in [1.82, 2.24) is 4.90 Å². The SMILES string of the molecule is CN1C(=O)I(C)C1=O. The molecule has 1 saturated heterocycles. The molecule has 0 radical (unpaired) electrons. The summed E-state index contributed by atoms with van der Waals surface area (Å²) in [5, 5.41) is 0. The Hall–Kier alpha value is -0.130. The predicted octanol–water partition coefficient (Wildman–Crippen LogP) is 1.31. The molecule has 0 aliphatic carbocycles. The van der Waals surface area contributed by atoms with Crippen LogP contribution in [-0.4, -0.2) is 24.7 Å². The van der Waals surface area contributed by atoms with Gasteiger partial charge in [0.25, 0.3) is 0 Å². The van der Waals surface area contributed by atoms with Crippen LogP contribution in [-0.2, 0) is 0 Å². The first-order chi connectivity index (χ1) is 3.64. The summed E-state index contributed by atoms with van der Waals surface area (Å²) < 4.78 is 0.165. The van der Waals surface area contributed by atoms with Gasteiger partial charge in [0.15, 0.2) is 0 Å². The van der Waals surface area contributed by atoms with Gasteiger partial charge in [-0.05, 0) is 0 Å². The van der Waals surface area contributed by atoms with Crippen molar-refractivity contribution in [3.63, 3.8) is 0 Å². The zero-order valence-electron chi connectivity index (χ0n) is 4.64. The molecule has 1 aliphatic heterocycles. The minimum atomic E-state index is -1.72. The Morgan fingerprint density at radius 3 is 1.88 bits per heavy atom. The summed E-state index contributed by atoms with van der Waals surface area (Å²) in [5.74, 6) is 0. The molecule has 46 valence electrons. The van der Waals surface area contributed by atoms with Gasteiger partial charge in [0.05, 0.1) is 0 Å². The maximum atomic E-state index is 10.5. The molecule has 0 aromatic carbocycles. The normalized spacial score (nSPS) is 23.8. The number of halogens is 1. The molecule has 0 spiro atoms. The second-order valence-electron chi connectivity index (χ2n) is 1.54. The van der Waals surface area contributed by atoms with Crippen molar-refractivity contribution in [2.75, 3.05) is 12.0 Å². The van der Waals surface area contributed by atoms with Gasteiger partial charge in [0.2, 0.25) is 0 Å². The average Bonchev–Trinajstić information content (AvgIpc) is 1.83. The van der Waals surface area contributed by atoms with Gasteiger partial charge >= 0.3 is 54.1 Å². The molecule has 0 atom stereocenters. The van der Waals surface area contributed by atoms with Crippen molar-refractivity contribution in [1.29, 1.82) is 0 Å². The number of nitrogens with zero attached hydrogens (tertiary/aromatic N) is 1. The quantitative estimate of drug-likeness (QED) is 0.271. The second-order valence-corrected chi connectivity index (χ2v) is 6.08. The summed E-state index contributed by atoms with van der Waals surface area (Å²) in [6, 6.07) is 0. The van der Waals surface area contributed by atoms with E-state index < -0.39 is 19.8 Å². The summed E-state index contributed by atoms with van der Waals surface area (Å²) in [6.07, 6.45) is 0. The monoisotopic (exact) mass is 227 g/mol. The van der Waals surface area contributed by atoms with Gasteiger partial charge in [-0.1, -0.05) is 0 Å². The molecule has 1 fully saturated rings. The zero-order chi connectivity index (χ0) is 6.31. The van der Waals surface area contributed by atoms with Gasteiger partial charge in [0.1, 0.15) is 0 Å². The Labute approximate surface area is 54.4 Å². The van der Waals surface area contributed by atoms with Gasteiger partial charge in [-0.15, -0.1) is 0 Å². The van der Waals surface area contributed by atoms with E-state index in [2.05, 4.69) is 0 Å². The van der Waals surface area contributed by atoms with Gasteiger partial charge in [-0.25, -0.2) is 0 Å². The van der Waals surface area contributed by atoms with E-state index in [4.69, 9.17) is 0 Å². The molecule has 1 rings (SSSR count). The van der Waals surface area contributed by atoms with E-state index >= 15 is 0 Å². The number of carbonyl (C=O) groups is 2. The Balaban J connectivity index is 2.68.